The molecule has 1 N–H and O–H groups in total. The van der Waals surface area contributed by atoms with E-state index in [2.05, 4.69) is 15.1 Å². The second-order valence-electron chi connectivity index (χ2n) is 8.95. The fourth-order valence-electron chi connectivity index (χ4n) is 4.95. The van der Waals surface area contributed by atoms with E-state index in [1.165, 1.54) is 19.2 Å². The highest BCUT2D eigenvalue weighted by atomic mass is 19.1. The molecule has 6 nitrogen and oxygen atoms in total. The maximum absolute atomic E-state index is 13.3. The number of anilines is 2. The molecule has 2 saturated heterocycles. The lowest BCUT2D eigenvalue weighted by atomic mass is 9.93. The number of hydrogen-bond acceptors (Lipinski definition) is 5. The second kappa shape index (κ2) is 10.8. The van der Waals surface area contributed by atoms with Gasteiger partial charge in [0, 0.05) is 30.5 Å². The summed E-state index contributed by atoms with van der Waals surface area (Å²) in [6.45, 7) is 3.92. The van der Waals surface area contributed by atoms with Crippen molar-refractivity contribution in [3.05, 3.63) is 59.9 Å². The summed E-state index contributed by atoms with van der Waals surface area (Å²) in [6.07, 6.45) is 4.13. The number of nitrogens with one attached hydrogen (secondary N) is 1. The molecule has 33 heavy (non-hydrogen) atoms. The van der Waals surface area contributed by atoms with Crippen LogP contribution in [0.3, 0.4) is 0 Å². The van der Waals surface area contributed by atoms with Crippen LogP contribution in [0, 0.1) is 11.7 Å². The molecule has 176 valence electrons. The minimum absolute atomic E-state index is 0.0548. The molecule has 2 aromatic carbocycles. The third-order valence-corrected chi connectivity index (χ3v) is 6.81. The molecule has 7 heteroatoms. The summed E-state index contributed by atoms with van der Waals surface area (Å²) in [5, 5.41) is 2.89. The van der Waals surface area contributed by atoms with Gasteiger partial charge in [0.2, 0.25) is 5.91 Å². The molecule has 1 amide bonds. The van der Waals surface area contributed by atoms with Crippen molar-refractivity contribution in [3.8, 4) is 0 Å². The number of halogens is 1. The molecule has 0 spiro atoms. The third kappa shape index (κ3) is 6.11. The van der Waals surface area contributed by atoms with Crippen molar-refractivity contribution in [1.82, 2.24) is 4.90 Å². The molecule has 0 aromatic heterocycles. The Balaban J connectivity index is 1.23. The number of benzene rings is 2. The lowest BCUT2D eigenvalue weighted by Crippen LogP contribution is -2.48. The van der Waals surface area contributed by atoms with Crippen molar-refractivity contribution in [2.24, 2.45) is 5.92 Å². The molecule has 2 aliphatic rings. The minimum Gasteiger partial charge on any atom is -0.469 e. The monoisotopic (exact) mass is 453 g/mol. The van der Waals surface area contributed by atoms with Crippen molar-refractivity contribution < 1.29 is 18.7 Å². The zero-order valence-corrected chi connectivity index (χ0v) is 19.1. The number of hydrogen-bond donors (Lipinski definition) is 1. The number of piperidine rings is 2. The van der Waals surface area contributed by atoms with Crippen molar-refractivity contribution in [1.29, 1.82) is 0 Å². The van der Waals surface area contributed by atoms with Crippen LogP contribution in [-0.4, -0.2) is 56.1 Å². The first-order valence-corrected chi connectivity index (χ1v) is 11.7. The van der Waals surface area contributed by atoms with E-state index in [-0.39, 0.29) is 30.0 Å². The first-order valence-electron chi connectivity index (χ1n) is 11.7. The molecule has 0 bridgehead atoms. The van der Waals surface area contributed by atoms with Gasteiger partial charge >= 0.3 is 5.97 Å². The molecule has 4 rings (SSSR count). The Morgan fingerprint density at radius 3 is 2.33 bits per heavy atom. The number of likely N-dealkylation sites (tertiary alicyclic amines) is 1. The largest absolute Gasteiger partial charge is 0.469 e. The highest BCUT2D eigenvalue weighted by Crippen LogP contribution is 2.27. The van der Waals surface area contributed by atoms with Gasteiger partial charge in [-0.25, -0.2) is 4.39 Å². The molecular weight excluding hydrogens is 421 g/mol. The van der Waals surface area contributed by atoms with Crippen LogP contribution in [0.15, 0.2) is 48.5 Å². The van der Waals surface area contributed by atoms with Gasteiger partial charge in [0.15, 0.2) is 0 Å². The quantitative estimate of drug-likeness (QED) is 0.673. The number of ether oxygens (including phenoxy) is 1. The SMILES string of the molecule is COC(=O)C1CCN(C2CCN(c3ccc(NC(=O)Cc4cccc(F)c4)cc3)CC2)CC1. The summed E-state index contributed by atoms with van der Waals surface area (Å²) in [5.74, 6) is -0.512. The van der Waals surface area contributed by atoms with E-state index in [1.54, 1.807) is 12.1 Å². The molecule has 0 aliphatic carbocycles. The molecule has 2 aliphatic heterocycles. The van der Waals surface area contributed by atoms with E-state index in [0.717, 1.165) is 63.2 Å². The first-order chi connectivity index (χ1) is 16.0. The van der Waals surface area contributed by atoms with Gasteiger partial charge in [0.05, 0.1) is 19.4 Å². The number of nitrogens with zero attached hydrogens (tertiary/aromatic N) is 2. The predicted octanol–water partition coefficient (Wildman–Crippen LogP) is 3.86. The van der Waals surface area contributed by atoms with Crippen LogP contribution in [0.2, 0.25) is 0 Å². The van der Waals surface area contributed by atoms with E-state index in [4.69, 9.17) is 4.74 Å². The first kappa shape index (κ1) is 23.2. The van der Waals surface area contributed by atoms with Gasteiger partial charge < -0.3 is 19.9 Å². The molecular formula is C26H32FN3O3. The van der Waals surface area contributed by atoms with E-state index in [0.29, 0.717) is 11.6 Å². The molecule has 0 saturated carbocycles. The van der Waals surface area contributed by atoms with Gasteiger partial charge in [0.1, 0.15) is 5.82 Å². The number of carbonyl (C=O) groups excluding carboxylic acids is 2. The van der Waals surface area contributed by atoms with Crippen molar-refractivity contribution in [3.63, 3.8) is 0 Å². The van der Waals surface area contributed by atoms with Crippen LogP contribution in [0.5, 0.6) is 0 Å². The summed E-state index contributed by atoms with van der Waals surface area (Å²) < 4.78 is 18.2. The minimum atomic E-state index is -0.334. The van der Waals surface area contributed by atoms with Crippen molar-refractivity contribution in [2.45, 2.75) is 38.1 Å². The molecule has 0 unspecified atom stereocenters. The maximum Gasteiger partial charge on any atom is 0.308 e. The van der Waals surface area contributed by atoms with E-state index in [9.17, 15) is 14.0 Å². The number of amides is 1. The summed E-state index contributed by atoms with van der Waals surface area (Å²) in [5.41, 5.74) is 2.55. The Kier molecular flexibility index (Phi) is 7.60. The molecule has 2 heterocycles. The Hall–Kier alpha value is -2.93. The van der Waals surface area contributed by atoms with Gasteiger partial charge in [-0.15, -0.1) is 0 Å². The standard InChI is InChI=1S/C26H32FN3O3/c1-33-26(32)20-9-13-29(14-10-20)24-11-15-30(16-12-24)23-7-5-22(6-8-23)28-25(31)18-19-3-2-4-21(27)17-19/h2-8,17,20,24H,9-16,18H2,1H3,(H,28,31). The third-order valence-electron chi connectivity index (χ3n) is 6.81. The number of carbonyl (C=O) groups is 2. The topological polar surface area (TPSA) is 61.9 Å². The lowest BCUT2D eigenvalue weighted by Gasteiger charge is -2.42. The van der Waals surface area contributed by atoms with Crippen LogP contribution in [0.4, 0.5) is 15.8 Å². The average molecular weight is 454 g/mol. The van der Waals surface area contributed by atoms with Crippen molar-refractivity contribution in [2.75, 3.05) is 43.5 Å². The Morgan fingerprint density at radius 2 is 1.70 bits per heavy atom. The Labute approximate surface area is 194 Å². The summed E-state index contributed by atoms with van der Waals surface area (Å²) in [6, 6.07) is 14.6. The fourth-order valence-corrected chi connectivity index (χ4v) is 4.95. The maximum atomic E-state index is 13.3. The fraction of sp³-hybridized carbons (Fsp3) is 0.462. The number of rotatable bonds is 6. The predicted molar refractivity (Wildman–Crippen MR) is 127 cm³/mol. The van der Waals surface area contributed by atoms with Crippen LogP contribution >= 0.6 is 0 Å². The normalized spacial score (nSPS) is 18.2. The Bertz CT molecular complexity index is 950. The van der Waals surface area contributed by atoms with Crippen LogP contribution in [0.25, 0.3) is 0 Å². The summed E-state index contributed by atoms with van der Waals surface area (Å²) in [7, 11) is 1.47. The average Bonchev–Trinajstić information content (AvgIpc) is 2.84. The summed E-state index contributed by atoms with van der Waals surface area (Å²) in [4.78, 5) is 28.9. The van der Waals surface area contributed by atoms with Gasteiger partial charge in [-0.1, -0.05) is 12.1 Å². The molecule has 2 fully saturated rings. The smallest absolute Gasteiger partial charge is 0.308 e. The van der Waals surface area contributed by atoms with Crippen LogP contribution < -0.4 is 10.2 Å². The van der Waals surface area contributed by atoms with Crippen LogP contribution in [-0.2, 0) is 20.7 Å². The van der Waals surface area contributed by atoms with Gasteiger partial charge in [0.25, 0.3) is 0 Å². The lowest BCUT2D eigenvalue weighted by molar-refractivity contribution is -0.147. The molecule has 2 aromatic rings. The molecule has 0 atom stereocenters. The number of methoxy groups -OCH3 is 1. The van der Waals surface area contributed by atoms with E-state index >= 15 is 0 Å². The van der Waals surface area contributed by atoms with Crippen LogP contribution in [0.1, 0.15) is 31.2 Å². The highest BCUT2D eigenvalue weighted by molar-refractivity contribution is 5.92. The molecule has 0 radical (unpaired) electrons. The zero-order valence-electron chi connectivity index (χ0n) is 19.1. The second-order valence-corrected chi connectivity index (χ2v) is 8.95. The van der Waals surface area contributed by atoms with Gasteiger partial charge in [-0.3, -0.25) is 9.59 Å². The zero-order chi connectivity index (χ0) is 23.2. The highest BCUT2D eigenvalue weighted by Gasteiger charge is 2.31. The number of esters is 1. The van der Waals surface area contributed by atoms with E-state index in [1.807, 2.05) is 24.3 Å². The Morgan fingerprint density at radius 1 is 1.00 bits per heavy atom. The van der Waals surface area contributed by atoms with Crippen molar-refractivity contribution >= 4 is 23.3 Å². The summed E-state index contributed by atoms with van der Waals surface area (Å²) >= 11 is 0. The van der Waals surface area contributed by atoms with E-state index < -0.39 is 0 Å². The van der Waals surface area contributed by atoms with Gasteiger partial charge in [-0.05, 0) is 80.7 Å². The van der Waals surface area contributed by atoms with Gasteiger partial charge in [-0.2, -0.15) is 0 Å².